The number of benzene rings is 3. The van der Waals surface area contributed by atoms with Crippen LogP contribution in [0.1, 0.15) is 41.4 Å². The molecule has 0 spiro atoms. The number of phenolic OH excluding ortho intramolecular Hbond substituents is 1. The number of likely N-dealkylation sites (tertiary alicyclic amines) is 1. The molecule has 0 saturated carbocycles. The number of ether oxygens (including phenoxy) is 1. The number of phenols is 1. The summed E-state index contributed by atoms with van der Waals surface area (Å²) < 4.78 is 77.2. The third-order valence-corrected chi connectivity index (χ3v) is 7.87. The van der Waals surface area contributed by atoms with Gasteiger partial charge in [-0.2, -0.15) is 0 Å². The summed E-state index contributed by atoms with van der Waals surface area (Å²) in [5.74, 6) is -10.8. The molecule has 2 atom stereocenters. The maximum absolute atomic E-state index is 14.8. The molecule has 2 heterocycles. The van der Waals surface area contributed by atoms with E-state index in [-0.39, 0.29) is 12.4 Å². The van der Waals surface area contributed by atoms with Crippen LogP contribution in [0.2, 0.25) is 0 Å². The number of aromatic hydroxyl groups is 1. The van der Waals surface area contributed by atoms with Gasteiger partial charge < -0.3 is 14.7 Å². The fourth-order valence-electron chi connectivity index (χ4n) is 5.08. The van der Waals surface area contributed by atoms with Gasteiger partial charge in [0.1, 0.15) is 11.5 Å². The summed E-state index contributed by atoms with van der Waals surface area (Å²) in [5, 5.41) is 10.1. The lowest BCUT2D eigenvalue weighted by molar-refractivity contribution is 0.237. The molecular formula is C27H24F5NO2S. The summed E-state index contributed by atoms with van der Waals surface area (Å²) in [6, 6.07) is 11.7. The Morgan fingerprint density at radius 2 is 1.50 bits per heavy atom. The lowest BCUT2D eigenvalue weighted by Crippen LogP contribution is -2.28. The first-order valence-corrected chi connectivity index (χ1v) is 12.8. The van der Waals surface area contributed by atoms with E-state index >= 15 is 0 Å². The Morgan fingerprint density at radius 1 is 0.861 bits per heavy atom. The molecule has 3 aromatic rings. The quantitative estimate of drug-likeness (QED) is 0.172. The molecule has 3 aromatic carbocycles. The fourth-order valence-corrected chi connectivity index (χ4v) is 6.00. The smallest absolute Gasteiger partial charge is 0.200 e. The second-order valence-electron chi connectivity index (χ2n) is 9.07. The topological polar surface area (TPSA) is 32.7 Å². The third-order valence-electron chi connectivity index (χ3n) is 6.88. The van der Waals surface area contributed by atoms with E-state index in [4.69, 9.17) is 4.74 Å². The number of thioether (sulfide) groups is 1. The first kappa shape index (κ1) is 24.9. The molecule has 0 bridgehead atoms. The molecule has 5 rings (SSSR count). The molecule has 1 saturated heterocycles. The number of hydrogen-bond donors (Lipinski definition) is 1. The number of fused-ring (bicyclic) bond motifs is 1. The molecule has 2 unspecified atom stereocenters. The van der Waals surface area contributed by atoms with Crippen molar-refractivity contribution in [1.29, 1.82) is 0 Å². The molecule has 0 aromatic heterocycles. The zero-order valence-electron chi connectivity index (χ0n) is 19.2. The fraction of sp³-hybridized carbons (Fsp3) is 0.333. The van der Waals surface area contributed by atoms with E-state index in [1.165, 1.54) is 31.0 Å². The van der Waals surface area contributed by atoms with E-state index in [9.17, 15) is 27.1 Å². The van der Waals surface area contributed by atoms with Gasteiger partial charge in [-0.15, -0.1) is 11.8 Å². The van der Waals surface area contributed by atoms with Crippen molar-refractivity contribution in [1.82, 2.24) is 4.90 Å². The van der Waals surface area contributed by atoms with Crippen LogP contribution < -0.4 is 4.74 Å². The Morgan fingerprint density at radius 3 is 2.17 bits per heavy atom. The van der Waals surface area contributed by atoms with Crippen LogP contribution in [0.5, 0.6) is 11.5 Å². The monoisotopic (exact) mass is 521 g/mol. The SMILES string of the molecule is Oc1ccc2c(c1)C(c1ccc(SCCN3CCCC3)cc1)C(c1c(F)c(F)c(F)c(F)c1F)CO2. The lowest BCUT2D eigenvalue weighted by atomic mass is 9.75. The van der Waals surface area contributed by atoms with Crippen LogP contribution in [0.3, 0.4) is 0 Å². The van der Waals surface area contributed by atoms with Crippen LogP contribution >= 0.6 is 11.8 Å². The molecule has 0 aliphatic carbocycles. The summed E-state index contributed by atoms with van der Waals surface area (Å²) in [5.41, 5.74) is 0.0991. The van der Waals surface area contributed by atoms with E-state index in [1.54, 1.807) is 23.9 Å². The molecule has 1 fully saturated rings. The van der Waals surface area contributed by atoms with Crippen LogP contribution in [0.15, 0.2) is 47.4 Å². The van der Waals surface area contributed by atoms with Gasteiger partial charge in [-0.05, 0) is 61.8 Å². The molecule has 1 N–H and O–H groups in total. The average Bonchev–Trinajstić information content (AvgIpc) is 3.40. The van der Waals surface area contributed by atoms with E-state index in [0.717, 1.165) is 30.3 Å². The zero-order valence-corrected chi connectivity index (χ0v) is 20.1. The minimum atomic E-state index is -2.20. The largest absolute Gasteiger partial charge is 0.508 e. The Labute approximate surface area is 209 Å². The number of halogens is 5. The third kappa shape index (κ3) is 4.66. The predicted molar refractivity (Wildman–Crippen MR) is 127 cm³/mol. The molecule has 0 radical (unpaired) electrons. The van der Waals surface area contributed by atoms with Crippen LogP contribution in [0.25, 0.3) is 0 Å². The molecule has 0 amide bonds. The van der Waals surface area contributed by atoms with Crippen molar-refractivity contribution in [3.8, 4) is 11.5 Å². The zero-order chi connectivity index (χ0) is 25.4. The molecule has 2 aliphatic rings. The van der Waals surface area contributed by atoms with Crippen molar-refractivity contribution >= 4 is 11.8 Å². The second-order valence-corrected chi connectivity index (χ2v) is 10.2. The highest BCUT2D eigenvalue weighted by molar-refractivity contribution is 7.99. The maximum Gasteiger partial charge on any atom is 0.200 e. The minimum absolute atomic E-state index is 0.102. The first-order chi connectivity index (χ1) is 17.3. The molecule has 190 valence electrons. The number of nitrogens with zero attached hydrogens (tertiary/aromatic N) is 1. The first-order valence-electron chi connectivity index (χ1n) is 11.8. The van der Waals surface area contributed by atoms with Gasteiger partial charge in [-0.3, -0.25) is 0 Å². The van der Waals surface area contributed by atoms with Crippen molar-refractivity contribution in [2.45, 2.75) is 29.6 Å². The van der Waals surface area contributed by atoms with Gasteiger partial charge in [-0.25, -0.2) is 22.0 Å². The molecule has 36 heavy (non-hydrogen) atoms. The highest BCUT2D eigenvalue weighted by atomic mass is 32.2. The van der Waals surface area contributed by atoms with Gasteiger partial charge in [0.15, 0.2) is 23.3 Å². The minimum Gasteiger partial charge on any atom is -0.508 e. The number of rotatable bonds is 6. The Bertz CT molecular complexity index is 1240. The van der Waals surface area contributed by atoms with Crippen LogP contribution in [-0.4, -0.2) is 42.0 Å². The molecule has 9 heteroatoms. The Hall–Kier alpha value is -2.78. The highest BCUT2D eigenvalue weighted by Gasteiger charge is 2.40. The maximum atomic E-state index is 14.8. The van der Waals surface area contributed by atoms with E-state index in [0.29, 0.717) is 16.9 Å². The van der Waals surface area contributed by atoms with E-state index in [1.807, 2.05) is 12.1 Å². The normalized spacial score (nSPS) is 19.8. The van der Waals surface area contributed by atoms with Crippen LogP contribution in [0.4, 0.5) is 22.0 Å². The van der Waals surface area contributed by atoms with Crippen LogP contribution in [0, 0.1) is 29.1 Å². The van der Waals surface area contributed by atoms with E-state index in [2.05, 4.69) is 4.90 Å². The van der Waals surface area contributed by atoms with Gasteiger partial charge in [0.25, 0.3) is 0 Å². The summed E-state index contributed by atoms with van der Waals surface area (Å²) in [4.78, 5) is 3.43. The van der Waals surface area contributed by atoms with Crippen molar-refractivity contribution in [2.24, 2.45) is 0 Å². The summed E-state index contributed by atoms with van der Waals surface area (Å²) in [7, 11) is 0. The predicted octanol–water partition coefficient (Wildman–Crippen LogP) is 6.58. The van der Waals surface area contributed by atoms with Crippen LogP contribution in [-0.2, 0) is 0 Å². The van der Waals surface area contributed by atoms with Crippen molar-refractivity contribution < 1.29 is 31.8 Å². The Balaban J connectivity index is 1.50. The van der Waals surface area contributed by atoms with Gasteiger partial charge in [0, 0.05) is 40.2 Å². The second kappa shape index (κ2) is 10.3. The standard InChI is InChI=1S/C27H24F5NO2S/c28-23-22(24(29)26(31)27(32)25(23)30)19-14-35-20-8-5-16(34)13-18(20)21(19)15-3-6-17(7-4-15)36-12-11-33-9-1-2-10-33/h3-8,13,19,21,34H,1-2,9-12,14H2. The van der Waals surface area contributed by atoms with Gasteiger partial charge in [-0.1, -0.05) is 12.1 Å². The molecule has 2 aliphatic heterocycles. The summed E-state index contributed by atoms with van der Waals surface area (Å²) in [6.45, 7) is 2.93. The highest BCUT2D eigenvalue weighted by Crippen LogP contribution is 2.48. The van der Waals surface area contributed by atoms with Gasteiger partial charge in [0.2, 0.25) is 5.82 Å². The van der Waals surface area contributed by atoms with Gasteiger partial charge in [0.05, 0.1) is 6.61 Å². The van der Waals surface area contributed by atoms with Crippen molar-refractivity contribution in [2.75, 3.05) is 32.0 Å². The van der Waals surface area contributed by atoms with Gasteiger partial charge >= 0.3 is 0 Å². The summed E-state index contributed by atoms with van der Waals surface area (Å²) >= 11 is 1.69. The lowest BCUT2D eigenvalue weighted by Gasteiger charge is -2.35. The number of hydrogen-bond acceptors (Lipinski definition) is 4. The van der Waals surface area contributed by atoms with Crippen molar-refractivity contribution in [3.63, 3.8) is 0 Å². The Kier molecular flexibility index (Phi) is 7.12. The molecule has 3 nitrogen and oxygen atoms in total. The summed E-state index contributed by atoms with van der Waals surface area (Å²) in [6.07, 6.45) is 2.46. The molecular weight excluding hydrogens is 497 g/mol. The van der Waals surface area contributed by atoms with Crippen molar-refractivity contribution in [3.05, 3.63) is 88.2 Å². The average molecular weight is 522 g/mol. The van der Waals surface area contributed by atoms with E-state index < -0.39 is 46.5 Å².